The number of hydrogen-bond acceptors (Lipinski definition) is 3. The van der Waals surface area contributed by atoms with Gasteiger partial charge in [0.25, 0.3) is 11.8 Å². The number of amides is 2. The summed E-state index contributed by atoms with van der Waals surface area (Å²) in [5.74, 6) is -0.928. The molecule has 0 aliphatic heterocycles. The Morgan fingerprint density at radius 3 is 2.10 bits per heavy atom. The van der Waals surface area contributed by atoms with Crippen LogP contribution in [0.4, 0.5) is 10.1 Å². The van der Waals surface area contributed by atoms with Crippen molar-refractivity contribution in [3.05, 3.63) is 101 Å². The van der Waals surface area contributed by atoms with Crippen molar-refractivity contribution < 1.29 is 14.0 Å². The van der Waals surface area contributed by atoms with Crippen LogP contribution in [-0.4, -0.2) is 17.5 Å². The first-order chi connectivity index (χ1) is 13.9. The highest BCUT2D eigenvalue weighted by Gasteiger charge is 2.10. The highest BCUT2D eigenvalue weighted by molar-refractivity contribution is 6.05. The summed E-state index contributed by atoms with van der Waals surface area (Å²) in [5.41, 5.74) is 6.20. The summed E-state index contributed by atoms with van der Waals surface area (Å²) in [7, 11) is 0. The first kappa shape index (κ1) is 19.9. The fraction of sp³-hybridized carbons (Fsp3) is 0.0870. The smallest absolute Gasteiger partial charge is 0.271 e. The quantitative estimate of drug-likeness (QED) is 0.497. The Morgan fingerprint density at radius 2 is 1.45 bits per heavy atom. The summed E-state index contributed by atoms with van der Waals surface area (Å²) in [5, 5.41) is 6.86. The molecular weight excluding hydrogens is 369 g/mol. The first-order valence-electron chi connectivity index (χ1n) is 9.01. The molecule has 0 atom stereocenters. The summed E-state index contributed by atoms with van der Waals surface area (Å²) in [6.45, 7) is 3.59. The molecule has 0 aromatic heterocycles. The Hall–Kier alpha value is -3.80. The van der Waals surface area contributed by atoms with Crippen molar-refractivity contribution in [1.29, 1.82) is 0 Å². The minimum Gasteiger partial charge on any atom is -0.322 e. The Labute approximate surface area is 168 Å². The van der Waals surface area contributed by atoms with Gasteiger partial charge in [0, 0.05) is 16.8 Å². The predicted molar refractivity (Wildman–Crippen MR) is 112 cm³/mol. The van der Waals surface area contributed by atoms with Gasteiger partial charge in [0.2, 0.25) is 0 Å². The average Bonchev–Trinajstić information content (AvgIpc) is 2.73. The minimum absolute atomic E-state index is 0.208. The second-order valence-electron chi connectivity index (χ2n) is 6.49. The van der Waals surface area contributed by atoms with Crippen molar-refractivity contribution >= 4 is 23.2 Å². The Bertz CT molecular complexity index is 1060. The fourth-order valence-corrected chi connectivity index (χ4v) is 2.69. The predicted octanol–water partition coefficient (Wildman–Crippen LogP) is 4.54. The van der Waals surface area contributed by atoms with Crippen LogP contribution in [0.25, 0.3) is 0 Å². The lowest BCUT2D eigenvalue weighted by atomic mass is 10.1. The maximum Gasteiger partial charge on any atom is 0.271 e. The lowest BCUT2D eigenvalue weighted by molar-refractivity contribution is 0.0954. The molecule has 0 saturated carbocycles. The van der Waals surface area contributed by atoms with Crippen LogP contribution >= 0.6 is 0 Å². The molecule has 0 radical (unpaired) electrons. The van der Waals surface area contributed by atoms with Gasteiger partial charge in [-0.25, -0.2) is 9.82 Å². The lowest BCUT2D eigenvalue weighted by Crippen LogP contribution is -2.19. The molecule has 0 heterocycles. The van der Waals surface area contributed by atoms with E-state index >= 15 is 0 Å². The van der Waals surface area contributed by atoms with E-state index in [9.17, 15) is 14.0 Å². The molecule has 3 aromatic rings. The SMILES string of the molecule is C/C(=N\NC(=O)c1ccc(NC(=O)c2ccccc2C)cc1)c1ccc(F)cc1. The lowest BCUT2D eigenvalue weighted by Gasteiger charge is -2.08. The van der Waals surface area contributed by atoms with Gasteiger partial charge in [0.05, 0.1) is 5.71 Å². The van der Waals surface area contributed by atoms with Crippen LogP contribution in [0.15, 0.2) is 77.9 Å². The van der Waals surface area contributed by atoms with Crippen LogP contribution in [0.2, 0.25) is 0 Å². The van der Waals surface area contributed by atoms with Crippen molar-refractivity contribution in [3.63, 3.8) is 0 Å². The number of aryl methyl sites for hydroxylation is 1. The molecule has 0 aliphatic rings. The number of nitrogens with zero attached hydrogens (tertiary/aromatic N) is 1. The maximum absolute atomic E-state index is 13.0. The van der Waals surface area contributed by atoms with Gasteiger partial charge in [0.1, 0.15) is 5.82 Å². The zero-order valence-electron chi connectivity index (χ0n) is 16.1. The van der Waals surface area contributed by atoms with Gasteiger partial charge >= 0.3 is 0 Å². The Morgan fingerprint density at radius 1 is 0.828 bits per heavy atom. The zero-order chi connectivity index (χ0) is 20.8. The standard InChI is InChI=1S/C23H20FN3O2/c1-15-5-3-4-6-21(15)23(29)25-20-13-9-18(10-14-20)22(28)27-26-16(2)17-7-11-19(24)12-8-17/h3-14H,1-2H3,(H,25,29)(H,27,28)/b26-16+. The maximum atomic E-state index is 13.0. The van der Waals surface area contributed by atoms with Crippen molar-refractivity contribution in [2.75, 3.05) is 5.32 Å². The normalized spacial score (nSPS) is 11.1. The van der Waals surface area contributed by atoms with Crippen molar-refractivity contribution in [1.82, 2.24) is 5.43 Å². The van der Waals surface area contributed by atoms with Gasteiger partial charge in [-0.1, -0.05) is 30.3 Å². The molecule has 2 amide bonds. The van der Waals surface area contributed by atoms with Gasteiger partial charge in [0.15, 0.2) is 0 Å². The van der Waals surface area contributed by atoms with E-state index in [-0.39, 0.29) is 17.6 Å². The second-order valence-corrected chi connectivity index (χ2v) is 6.49. The number of hydrazone groups is 1. The van der Waals surface area contributed by atoms with E-state index in [2.05, 4.69) is 15.8 Å². The Balaban J connectivity index is 1.63. The van der Waals surface area contributed by atoms with Crippen LogP contribution in [-0.2, 0) is 0 Å². The summed E-state index contributed by atoms with van der Waals surface area (Å²) < 4.78 is 13.0. The molecular formula is C23H20FN3O2. The molecule has 3 aromatic carbocycles. The molecule has 0 bridgehead atoms. The highest BCUT2D eigenvalue weighted by atomic mass is 19.1. The molecule has 2 N–H and O–H groups in total. The number of halogens is 1. The van der Waals surface area contributed by atoms with Crippen LogP contribution in [0.1, 0.15) is 38.8 Å². The van der Waals surface area contributed by atoms with Crippen LogP contribution in [0, 0.1) is 12.7 Å². The van der Waals surface area contributed by atoms with E-state index in [4.69, 9.17) is 0 Å². The monoisotopic (exact) mass is 389 g/mol. The molecule has 0 spiro atoms. The third kappa shape index (κ3) is 5.13. The number of carbonyl (C=O) groups is 2. The van der Waals surface area contributed by atoms with Gasteiger partial charge in [-0.15, -0.1) is 0 Å². The molecule has 6 heteroatoms. The number of anilines is 1. The van der Waals surface area contributed by atoms with Gasteiger partial charge in [-0.2, -0.15) is 5.10 Å². The number of hydrogen-bond donors (Lipinski definition) is 2. The fourth-order valence-electron chi connectivity index (χ4n) is 2.69. The van der Waals surface area contributed by atoms with E-state index in [0.29, 0.717) is 28.1 Å². The number of benzene rings is 3. The van der Waals surface area contributed by atoms with Crippen molar-refractivity contribution in [2.45, 2.75) is 13.8 Å². The highest BCUT2D eigenvalue weighted by Crippen LogP contribution is 2.14. The molecule has 146 valence electrons. The van der Waals surface area contributed by atoms with Crippen LogP contribution < -0.4 is 10.7 Å². The van der Waals surface area contributed by atoms with Crippen LogP contribution in [0.3, 0.4) is 0 Å². The third-order valence-electron chi connectivity index (χ3n) is 4.38. The number of rotatable bonds is 5. The second kappa shape index (κ2) is 8.93. The Kier molecular flexibility index (Phi) is 6.14. The number of nitrogens with one attached hydrogen (secondary N) is 2. The third-order valence-corrected chi connectivity index (χ3v) is 4.38. The molecule has 0 fully saturated rings. The largest absolute Gasteiger partial charge is 0.322 e. The number of carbonyl (C=O) groups excluding carboxylic acids is 2. The van der Waals surface area contributed by atoms with Crippen molar-refractivity contribution in [2.24, 2.45) is 5.10 Å². The topological polar surface area (TPSA) is 70.6 Å². The molecule has 0 unspecified atom stereocenters. The van der Waals surface area contributed by atoms with E-state index in [1.54, 1.807) is 49.4 Å². The van der Waals surface area contributed by atoms with Gasteiger partial charge < -0.3 is 5.32 Å². The summed E-state index contributed by atoms with van der Waals surface area (Å²) in [6, 6.07) is 19.7. The van der Waals surface area contributed by atoms with E-state index in [1.807, 2.05) is 25.1 Å². The van der Waals surface area contributed by atoms with Gasteiger partial charge in [-0.3, -0.25) is 9.59 Å². The van der Waals surface area contributed by atoms with E-state index in [0.717, 1.165) is 5.56 Å². The average molecular weight is 389 g/mol. The minimum atomic E-state index is -0.386. The molecule has 3 rings (SSSR count). The molecule has 0 aliphatic carbocycles. The molecule has 29 heavy (non-hydrogen) atoms. The van der Waals surface area contributed by atoms with E-state index < -0.39 is 0 Å². The summed E-state index contributed by atoms with van der Waals surface area (Å²) in [4.78, 5) is 24.6. The summed E-state index contributed by atoms with van der Waals surface area (Å²) >= 11 is 0. The van der Waals surface area contributed by atoms with Crippen LogP contribution in [0.5, 0.6) is 0 Å². The van der Waals surface area contributed by atoms with E-state index in [1.165, 1.54) is 12.1 Å². The first-order valence-corrected chi connectivity index (χ1v) is 9.01. The van der Waals surface area contributed by atoms with Gasteiger partial charge in [-0.05, 0) is 67.4 Å². The van der Waals surface area contributed by atoms with Crippen molar-refractivity contribution in [3.8, 4) is 0 Å². The molecule has 5 nitrogen and oxygen atoms in total. The molecule has 0 saturated heterocycles. The zero-order valence-corrected chi connectivity index (χ0v) is 16.1. The summed E-state index contributed by atoms with van der Waals surface area (Å²) in [6.07, 6.45) is 0.